The minimum atomic E-state index is -0.291. The number of nitrogens with zero attached hydrogens (tertiary/aromatic N) is 6. The van der Waals surface area contributed by atoms with Gasteiger partial charge in [-0.25, -0.2) is 4.98 Å². The molecule has 5 unspecified atom stereocenters. The fourth-order valence-corrected chi connectivity index (χ4v) is 12.6. The number of aromatic nitrogens is 2. The van der Waals surface area contributed by atoms with Crippen molar-refractivity contribution in [2.45, 2.75) is 50.4 Å². The first-order valence-electron chi connectivity index (χ1n) is 22.3. The lowest BCUT2D eigenvalue weighted by Crippen LogP contribution is -2.60. The second kappa shape index (κ2) is 13.3. The van der Waals surface area contributed by atoms with Gasteiger partial charge in [-0.15, -0.1) is 0 Å². The van der Waals surface area contributed by atoms with Crippen LogP contribution in [0.5, 0.6) is 0 Å². The van der Waals surface area contributed by atoms with E-state index in [0.29, 0.717) is 0 Å². The Morgan fingerprint density at radius 2 is 1.08 bits per heavy atom. The van der Waals surface area contributed by atoms with Crippen molar-refractivity contribution in [2.24, 2.45) is 5.92 Å². The molecule has 13 rings (SSSR count). The van der Waals surface area contributed by atoms with Crippen LogP contribution in [0.1, 0.15) is 43.7 Å². The monoisotopic (exact) mass is 802 g/mol. The highest BCUT2D eigenvalue weighted by molar-refractivity contribution is 6.10. The van der Waals surface area contributed by atoms with Crippen molar-refractivity contribution in [1.82, 2.24) is 9.55 Å². The summed E-state index contributed by atoms with van der Waals surface area (Å²) in [5.41, 5.74) is 14.7. The molecule has 4 aliphatic heterocycles. The lowest BCUT2D eigenvalue weighted by molar-refractivity contribution is 0.155. The summed E-state index contributed by atoms with van der Waals surface area (Å²) in [6, 6.07) is 70.0. The van der Waals surface area contributed by atoms with Crippen molar-refractivity contribution in [3.05, 3.63) is 205 Å². The molecule has 62 heavy (non-hydrogen) atoms. The Morgan fingerprint density at radius 1 is 0.468 bits per heavy atom. The fraction of sp³-hybridized carbons (Fsp3) is 0.161. The molecular formula is C56H46N6. The lowest BCUT2D eigenvalue weighted by atomic mass is 9.55. The fourth-order valence-electron chi connectivity index (χ4n) is 12.6. The van der Waals surface area contributed by atoms with Crippen molar-refractivity contribution in [2.75, 3.05) is 19.6 Å². The number of para-hydroxylation sites is 7. The van der Waals surface area contributed by atoms with Crippen LogP contribution in [0.3, 0.4) is 0 Å². The number of pyridine rings is 1. The highest BCUT2D eigenvalue weighted by Crippen LogP contribution is 2.68. The molecule has 6 heterocycles. The Kier molecular flexibility index (Phi) is 7.63. The molecule has 5 atom stereocenters. The number of fused-ring (bicyclic) bond motifs is 13. The quantitative estimate of drug-likeness (QED) is 0.167. The molecule has 0 N–H and O–H groups in total. The first-order valence-corrected chi connectivity index (χ1v) is 22.3. The Hall–Kier alpha value is -7.31. The molecule has 0 fully saturated rings. The zero-order chi connectivity index (χ0) is 41.1. The van der Waals surface area contributed by atoms with Gasteiger partial charge in [-0.1, -0.05) is 123 Å². The molecule has 0 aliphatic carbocycles. The van der Waals surface area contributed by atoms with Crippen molar-refractivity contribution < 1.29 is 0 Å². The number of benzene rings is 7. The summed E-state index contributed by atoms with van der Waals surface area (Å²) in [7, 11) is 0. The van der Waals surface area contributed by atoms with Crippen LogP contribution in [-0.4, -0.2) is 21.9 Å². The predicted octanol–water partition coefficient (Wildman–Crippen LogP) is 13.9. The van der Waals surface area contributed by atoms with Crippen molar-refractivity contribution in [3.63, 3.8) is 0 Å². The summed E-state index contributed by atoms with van der Waals surface area (Å²) in [6.45, 7) is 4.89. The van der Waals surface area contributed by atoms with Gasteiger partial charge in [0.15, 0.2) is 5.82 Å². The van der Waals surface area contributed by atoms with E-state index in [2.05, 4.69) is 226 Å². The van der Waals surface area contributed by atoms with E-state index in [-0.39, 0.29) is 29.6 Å². The van der Waals surface area contributed by atoms with Gasteiger partial charge in [0.25, 0.3) is 0 Å². The summed E-state index contributed by atoms with van der Waals surface area (Å²) in [6.07, 6.45) is 3.90. The summed E-state index contributed by atoms with van der Waals surface area (Å²) in [5, 5.41) is 2.53. The highest BCUT2D eigenvalue weighted by atomic mass is 15.5. The Labute approximate surface area is 362 Å². The SMILES string of the molecule is CCC1C2N(c3ccccc3)c3cccnc3N2c2ccccc2C1(CC)C1c2ccccc2N2c3ccccc3N(c3ccc4c5ccccc5n(-c5ccccc5)c4c3)C12. The highest BCUT2D eigenvalue weighted by Gasteiger charge is 2.64. The number of hydrogen-bond donors (Lipinski definition) is 0. The minimum absolute atomic E-state index is 0.0125. The zero-order valence-electron chi connectivity index (χ0n) is 34.9. The van der Waals surface area contributed by atoms with E-state index in [1.165, 1.54) is 72.7 Å². The van der Waals surface area contributed by atoms with E-state index >= 15 is 0 Å². The van der Waals surface area contributed by atoms with Crippen LogP contribution in [0.15, 0.2) is 194 Å². The number of anilines is 8. The maximum atomic E-state index is 5.16. The first kappa shape index (κ1) is 35.4. The smallest absolute Gasteiger partial charge is 0.158 e. The Bertz CT molecular complexity index is 3190. The summed E-state index contributed by atoms with van der Waals surface area (Å²) in [4.78, 5) is 15.7. The van der Waals surface area contributed by atoms with Gasteiger partial charge in [-0.2, -0.15) is 0 Å². The minimum Gasteiger partial charge on any atom is -0.318 e. The third kappa shape index (κ3) is 4.56. The van der Waals surface area contributed by atoms with E-state index < -0.39 is 0 Å². The third-order valence-corrected chi connectivity index (χ3v) is 14.8. The maximum absolute atomic E-state index is 5.16. The van der Waals surface area contributed by atoms with Gasteiger partial charge in [0, 0.05) is 62.7 Å². The molecule has 0 amide bonds. The first-order chi connectivity index (χ1) is 30.7. The van der Waals surface area contributed by atoms with Crippen LogP contribution in [-0.2, 0) is 5.41 Å². The molecule has 9 aromatic rings. The molecule has 300 valence electrons. The van der Waals surface area contributed by atoms with Gasteiger partial charge in [-0.3, -0.25) is 0 Å². The molecule has 0 spiro atoms. The molecule has 2 aromatic heterocycles. The molecule has 6 nitrogen and oxygen atoms in total. The van der Waals surface area contributed by atoms with E-state index in [0.717, 1.165) is 24.3 Å². The maximum Gasteiger partial charge on any atom is 0.158 e. The second-order valence-electron chi connectivity index (χ2n) is 17.3. The van der Waals surface area contributed by atoms with Gasteiger partial charge >= 0.3 is 0 Å². The Morgan fingerprint density at radius 3 is 1.85 bits per heavy atom. The number of rotatable bonds is 6. The molecule has 0 saturated heterocycles. The molecular weight excluding hydrogens is 757 g/mol. The second-order valence-corrected chi connectivity index (χ2v) is 17.3. The average Bonchev–Trinajstić information content (AvgIpc) is 4.06. The van der Waals surface area contributed by atoms with Gasteiger partial charge < -0.3 is 24.2 Å². The topological polar surface area (TPSA) is 30.8 Å². The molecule has 4 aliphatic rings. The van der Waals surface area contributed by atoms with Crippen molar-refractivity contribution in [1.29, 1.82) is 0 Å². The predicted molar refractivity (Wildman–Crippen MR) is 255 cm³/mol. The van der Waals surface area contributed by atoms with Gasteiger partial charge in [-0.05, 0) is 103 Å². The van der Waals surface area contributed by atoms with E-state index in [1.807, 2.05) is 6.20 Å². The summed E-state index contributed by atoms with van der Waals surface area (Å²) in [5.74, 6) is 1.33. The van der Waals surface area contributed by atoms with Crippen LogP contribution in [0.2, 0.25) is 0 Å². The summed E-state index contributed by atoms with van der Waals surface area (Å²) >= 11 is 0. The average molecular weight is 803 g/mol. The Balaban J connectivity index is 1.08. The van der Waals surface area contributed by atoms with Gasteiger partial charge in [0.1, 0.15) is 12.3 Å². The van der Waals surface area contributed by atoms with Gasteiger partial charge in [0.05, 0.1) is 28.1 Å². The summed E-state index contributed by atoms with van der Waals surface area (Å²) < 4.78 is 2.45. The van der Waals surface area contributed by atoms with E-state index in [9.17, 15) is 0 Å². The van der Waals surface area contributed by atoms with Crippen molar-refractivity contribution in [3.8, 4) is 5.69 Å². The molecule has 6 heteroatoms. The molecule has 0 saturated carbocycles. The van der Waals surface area contributed by atoms with Crippen LogP contribution < -0.4 is 19.6 Å². The normalized spacial score (nSPS) is 21.8. The largest absolute Gasteiger partial charge is 0.318 e. The van der Waals surface area contributed by atoms with Crippen LogP contribution in [0, 0.1) is 5.92 Å². The van der Waals surface area contributed by atoms with Crippen LogP contribution >= 0.6 is 0 Å². The van der Waals surface area contributed by atoms with Crippen LogP contribution in [0.4, 0.5) is 45.6 Å². The van der Waals surface area contributed by atoms with Crippen molar-refractivity contribution >= 4 is 67.4 Å². The van der Waals surface area contributed by atoms with Crippen LogP contribution in [0.25, 0.3) is 27.5 Å². The molecule has 0 radical (unpaired) electrons. The third-order valence-electron chi connectivity index (χ3n) is 14.8. The van der Waals surface area contributed by atoms with Gasteiger partial charge in [0.2, 0.25) is 0 Å². The standard InChI is InChI=1S/C56H46N6/c1-3-43-54-59(38-22-9-6-10-23-38)50-32-19-35-57-53(50)62(54)47-29-16-13-26-44(47)56(43,4-2)52-42-25-12-15-28-46(42)61-49-31-18-17-30-48(49)60(55(52)61)39-33-34-41-40-24-11-14-27-45(40)58(51(41)36-39)37-20-7-5-8-21-37/h5-36,43,52,54-55H,3-4H2,1-2H3. The lowest BCUT2D eigenvalue weighted by Gasteiger charge is -2.57. The molecule has 7 aromatic carbocycles. The molecule has 0 bridgehead atoms. The van der Waals surface area contributed by atoms with E-state index in [1.54, 1.807) is 0 Å². The number of hydrogen-bond acceptors (Lipinski definition) is 5. The zero-order valence-corrected chi connectivity index (χ0v) is 34.9. The van der Waals surface area contributed by atoms with E-state index in [4.69, 9.17) is 4.98 Å².